The first kappa shape index (κ1) is 10.5. The van der Waals surface area contributed by atoms with Crippen molar-refractivity contribution in [2.45, 2.75) is 25.8 Å². The Morgan fingerprint density at radius 1 is 1.62 bits per heavy atom. The molecule has 1 aliphatic carbocycles. The van der Waals surface area contributed by atoms with Gasteiger partial charge in [-0.1, -0.05) is 6.92 Å². The predicted octanol–water partition coefficient (Wildman–Crippen LogP) is -0.211. The lowest BCUT2D eigenvalue weighted by molar-refractivity contribution is -0.136. The van der Waals surface area contributed by atoms with E-state index in [4.69, 9.17) is 5.11 Å². The van der Waals surface area contributed by atoms with Gasteiger partial charge in [0.25, 0.3) is 0 Å². The molecule has 76 valence electrons. The first-order valence-corrected chi connectivity index (χ1v) is 5.78. The van der Waals surface area contributed by atoms with Gasteiger partial charge in [0.1, 0.15) is 0 Å². The summed E-state index contributed by atoms with van der Waals surface area (Å²) in [6.45, 7) is 1.95. The zero-order valence-electron chi connectivity index (χ0n) is 7.36. The van der Waals surface area contributed by atoms with Gasteiger partial charge >= 0.3 is 5.97 Å². The Labute approximate surface area is 77.2 Å². The lowest BCUT2D eigenvalue weighted by Crippen LogP contribution is -2.30. The van der Waals surface area contributed by atoms with Crippen molar-refractivity contribution in [3.8, 4) is 0 Å². The summed E-state index contributed by atoms with van der Waals surface area (Å²) >= 11 is 0. The van der Waals surface area contributed by atoms with Crippen molar-refractivity contribution >= 4 is 16.0 Å². The van der Waals surface area contributed by atoms with Crippen LogP contribution in [-0.4, -0.2) is 31.3 Å². The van der Waals surface area contributed by atoms with E-state index in [0.29, 0.717) is 5.92 Å². The smallest absolute Gasteiger partial charge is 0.304 e. The number of rotatable bonds is 5. The third-order valence-electron chi connectivity index (χ3n) is 2.03. The summed E-state index contributed by atoms with van der Waals surface area (Å²) in [5.41, 5.74) is 0. The molecule has 0 radical (unpaired) electrons. The van der Waals surface area contributed by atoms with E-state index >= 15 is 0 Å². The molecular formula is C7H13NO4S. The van der Waals surface area contributed by atoms with Gasteiger partial charge in [0.15, 0.2) is 0 Å². The molecule has 0 bridgehead atoms. The number of nitrogens with one attached hydrogen (secondary N) is 1. The summed E-state index contributed by atoms with van der Waals surface area (Å²) in [6.07, 6.45) is 0.517. The molecular weight excluding hydrogens is 194 g/mol. The number of aliphatic carboxylic acids is 1. The Kier molecular flexibility index (Phi) is 2.92. The minimum atomic E-state index is -3.38. The van der Waals surface area contributed by atoms with Crippen LogP contribution in [0.25, 0.3) is 0 Å². The Morgan fingerprint density at radius 3 is 2.54 bits per heavy atom. The third kappa shape index (κ3) is 3.73. The Balaban J connectivity index is 2.33. The number of carboxylic acid groups (broad SMARTS) is 1. The van der Waals surface area contributed by atoms with Crippen LogP contribution in [0.1, 0.15) is 19.8 Å². The van der Waals surface area contributed by atoms with Crippen molar-refractivity contribution in [3.63, 3.8) is 0 Å². The van der Waals surface area contributed by atoms with Crippen LogP contribution >= 0.6 is 0 Å². The minimum Gasteiger partial charge on any atom is -0.481 e. The molecule has 13 heavy (non-hydrogen) atoms. The Bertz CT molecular complexity index is 298. The molecule has 0 spiro atoms. The summed E-state index contributed by atoms with van der Waals surface area (Å²) in [4.78, 5) is 10.1. The normalized spacial score (nSPS) is 27.2. The number of sulfonamides is 1. The highest BCUT2D eigenvalue weighted by atomic mass is 32.2. The van der Waals surface area contributed by atoms with Gasteiger partial charge in [0.2, 0.25) is 10.0 Å². The fourth-order valence-electron chi connectivity index (χ4n) is 0.997. The maximum absolute atomic E-state index is 11.2. The lowest BCUT2D eigenvalue weighted by atomic mass is 10.5. The molecule has 2 N–H and O–H groups in total. The van der Waals surface area contributed by atoms with Gasteiger partial charge in [0.05, 0.1) is 12.2 Å². The van der Waals surface area contributed by atoms with Crippen molar-refractivity contribution < 1.29 is 18.3 Å². The maximum atomic E-state index is 11.2. The van der Waals surface area contributed by atoms with E-state index in [1.54, 1.807) is 0 Å². The molecule has 2 unspecified atom stereocenters. The van der Waals surface area contributed by atoms with E-state index in [1.807, 2.05) is 6.92 Å². The second kappa shape index (κ2) is 3.63. The molecule has 0 saturated heterocycles. The van der Waals surface area contributed by atoms with Crippen LogP contribution in [-0.2, 0) is 14.8 Å². The average molecular weight is 207 g/mol. The van der Waals surface area contributed by atoms with Gasteiger partial charge < -0.3 is 5.11 Å². The maximum Gasteiger partial charge on any atom is 0.304 e. The standard InChI is InChI=1S/C7H13NO4S/c1-5-4-6(5)8-13(11,12)3-2-7(9)10/h5-6,8H,2-4H2,1H3,(H,9,10). The van der Waals surface area contributed by atoms with Crippen LogP contribution in [0.2, 0.25) is 0 Å². The van der Waals surface area contributed by atoms with Crippen LogP contribution in [0, 0.1) is 5.92 Å². The topological polar surface area (TPSA) is 83.5 Å². The molecule has 2 atom stereocenters. The number of carboxylic acids is 1. The van der Waals surface area contributed by atoms with Crippen molar-refractivity contribution in [2.75, 3.05) is 5.75 Å². The van der Waals surface area contributed by atoms with Crippen LogP contribution < -0.4 is 4.72 Å². The molecule has 6 heteroatoms. The molecule has 1 aliphatic rings. The third-order valence-corrected chi connectivity index (χ3v) is 3.43. The van der Waals surface area contributed by atoms with Crippen LogP contribution in [0.4, 0.5) is 0 Å². The molecule has 0 aromatic carbocycles. The van der Waals surface area contributed by atoms with Crippen molar-refractivity contribution in [2.24, 2.45) is 5.92 Å². The second-order valence-corrected chi connectivity index (χ2v) is 5.27. The van der Waals surface area contributed by atoms with Gasteiger partial charge in [-0.25, -0.2) is 13.1 Å². The van der Waals surface area contributed by atoms with Gasteiger partial charge in [-0.15, -0.1) is 0 Å². The van der Waals surface area contributed by atoms with Crippen molar-refractivity contribution in [1.29, 1.82) is 0 Å². The molecule has 0 heterocycles. The van der Waals surface area contributed by atoms with Crippen molar-refractivity contribution in [3.05, 3.63) is 0 Å². The summed E-state index contributed by atoms with van der Waals surface area (Å²) in [6, 6.07) is 0.0267. The second-order valence-electron chi connectivity index (χ2n) is 3.40. The zero-order chi connectivity index (χ0) is 10.1. The quantitative estimate of drug-likeness (QED) is 0.653. The monoisotopic (exact) mass is 207 g/mol. The van der Waals surface area contributed by atoms with Gasteiger partial charge in [0, 0.05) is 6.04 Å². The van der Waals surface area contributed by atoms with E-state index in [0.717, 1.165) is 6.42 Å². The Morgan fingerprint density at radius 2 is 2.15 bits per heavy atom. The lowest BCUT2D eigenvalue weighted by Gasteiger charge is -2.02. The van der Waals surface area contributed by atoms with E-state index in [1.165, 1.54) is 0 Å². The highest BCUT2D eigenvalue weighted by Crippen LogP contribution is 2.29. The first-order valence-electron chi connectivity index (χ1n) is 4.12. The predicted molar refractivity (Wildman–Crippen MR) is 46.7 cm³/mol. The number of carbonyl (C=O) groups is 1. The molecule has 1 fully saturated rings. The van der Waals surface area contributed by atoms with E-state index in [2.05, 4.69) is 4.72 Å². The summed E-state index contributed by atoms with van der Waals surface area (Å²) < 4.78 is 24.8. The van der Waals surface area contributed by atoms with Crippen molar-refractivity contribution in [1.82, 2.24) is 4.72 Å². The Hall–Kier alpha value is -0.620. The van der Waals surface area contributed by atoms with E-state index in [9.17, 15) is 13.2 Å². The fraction of sp³-hybridized carbons (Fsp3) is 0.857. The van der Waals surface area contributed by atoms with Crippen LogP contribution in [0.5, 0.6) is 0 Å². The summed E-state index contributed by atoms with van der Waals surface area (Å²) in [5.74, 6) is -1.03. The molecule has 5 nitrogen and oxygen atoms in total. The molecule has 1 rings (SSSR count). The molecule has 0 aromatic heterocycles. The zero-order valence-corrected chi connectivity index (χ0v) is 8.17. The fourth-order valence-corrected chi connectivity index (χ4v) is 2.35. The summed E-state index contributed by atoms with van der Waals surface area (Å²) in [7, 11) is -3.38. The molecule has 0 aromatic rings. The SMILES string of the molecule is CC1CC1NS(=O)(=O)CCC(=O)O. The van der Waals surface area contributed by atoms with E-state index < -0.39 is 16.0 Å². The molecule has 0 amide bonds. The molecule has 1 saturated carbocycles. The number of hydrogen-bond acceptors (Lipinski definition) is 3. The highest BCUT2D eigenvalue weighted by molar-refractivity contribution is 7.89. The highest BCUT2D eigenvalue weighted by Gasteiger charge is 2.35. The average Bonchev–Trinajstić information content (AvgIpc) is 2.62. The molecule has 0 aliphatic heterocycles. The van der Waals surface area contributed by atoms with Gasteiger partial charge in [-0.3, -0.25) is 4.79 Å². The first-order chi connectivity index (χ1) is 5.91. The summed E-state index contributed by atoms with van der Waals surface area (Å²) in [5, 5.41) is 8.29. The van der Waals surface area contributed by atoms with Gasteiger partial charge in [-0.2, -0.15) is 0 Å². The van der Waals surface area contributed by atoms with Crippen LogP contribution in [0.3, 0.4) is 0 Å². The van der Waals surface area contributed by atoms with Crippen LogP contribution in [0.15, 0.2) is 0 Å². The largest absolute Gasteiger partial charge is 0.481 e. The minimum absolute atomic E-state index is 0.0267. The number of hydrogen-bond donors (Lipinski definition) is 2. The van der Waals surface area contributed by atoms with Gasteiger partial charge in [-0.05, 0) is 12.3 Å². The van der Waals surface area contributed by atoms with E-state index in [-0.39, 0.29) is 18.2 Å².